The van der Waals surface area contributed by atoms with E-state index in [4.69, 9.17) is 4.74 Å². The second-order valence-corrected chi connectivity index (χ2v) is 7.90. The van der Waals surface area contributed by atoms with Crippen molar-refractivity contribution in [2.45, 2.75) is 38.3 Å². The topological polar surface area (TPSA) is 65.9 Å². The number of likely N-dealkylation sites (tertiary alicyclic amines) is 2. The third-order valence-corrected chi connectivity index (χ3v) is 6.39. The lowest BCUT2D eigenvalue weighted by Gasteiger charge is -2.28. The van der Waals surface area contributed by atoms with Crippen molar-refractivity contribution in [1.29, 1.82) is 0 Å². The molecule has 1 N–H and O–H groups in total. The van der Waals surface area contributed by atoms with Crippen LogP contribution in [0, 0.1) is 11.3 Å². The molecule has 3 heterocycles. The molecular weight excluding hydrogens is 318 g/mol. The molecule has 0 amide bonds. The predicted molar refractivity (Wildman–Crippen MR) is 93.5 cm³/mol. The molecule has 6 heteroatoms. The van der Waals surface area contributed by atoms with Crippen molar-refractivity contribution in [2.24, 2.45) is 11.3 Å². The third kappa shape index (κ3) is 3.02. The molecule has 1 aromatic heterocycles. The van der Waals surface area contributed by atoms with Gasteiger partial charge in [-0.15, -0.1) is 0 Å². The van der Waals surface area contributed by atoms with Crippen molar-refractivity contribution < 1.29 is 14.6 Å². The molecule has 0 unspecified atom stereocenters. The highest BCUT2D eigenvalue weighted by Crippen LogP contribution is 2.45. The average Bonchev–Trinajstić information content (AvgIpc) is 3.29. The summed E-state index contributed by atoms with van der Waals surface area (Å²) in [5.41, 5.74) is 0.511. The first-order chi connectivity index (χ1) is 12.1. The van der Waals surface area contributed by atoms with Gasteiger partial charge in [0.15, 0.2) is 0 Å². The van der Waals surface area contributed by atoms with Gasteiger partial charge in [-0.25, -0.2) is 4.98 Å². The summed E-state index contributed by atoms with van der Waals surface area (Å²) in [6, 6.07) is 4.49. The van der Waals surface area contributed by atoms with Crippen LogP contribution in [0.2, 0.25) is 0 Å². The number of fused-ring (bicyclic) bond motifs is 1. The Hall–Kier alpha value is -1.66. The lowest BCUT2D eigenvalue weighted by molar-refractivity contribution is -0.149. The Morgan fingerprint density at radius 1 is 1.32 bits per heavy atom. The molecule has 0 spiro atoms. The largest absolute Gasteiger partial charge is 0.481 e. The summed E-state index contributed by atoms with van der Waals surface area (Å²) in [6.45, 7) is 3.92. The summed E-state index contributed by atoms with van der Waals surface area (Å²) in [5, 5.41) is 10.0. The number of carbonyl (C=O) groups is 1. The molecule has 2 saturated heterocycles. The van der Waals surface area contributed by atoms with Crippen LogP contribution >= 0.6 is 0 Å². The zero-order valence-corrected chi connectivity index (χ0v) is 14.9. The Bertz CT molecular complexity index is 629. The highest BCUT2D eigenvalue weighted by molar-refractivity contribution is 5.77. The number of hydrogen-bond donors (Lipinski definition) is 1. The minimum Gasteiger partial charge on any atom is -0.481 e. The molecule has 4 rings (SSSR count). The van der Waals surface area contributed by atoms with E-state index >= 15 is 0 Å². The van der Waals surface area contributed by atoms with E-state index in [1.54, 1.807) is 7.11 Å². The first-order valence-electron chi connectivity index (χ1n) is 9.29. The summed E-state index contributed by atoms with van der Waals surface area (Å²) in [6.07, 6.45) is 6.89. The second-order valence-electron chi connectivity index (χ2n) is 7.90. The van der Waals surface area contributed by atoms with Crippen LogP contribution in [0.5, 0.6) is 5.88 Å². The zero-order chi connectivity index (χ0) is 17.4. The monoisotopic (exact) mass is 345 g/mol. The van der Waals surface area contributed by atoms with Crippen molar-refractivity contribution in [3.05, 3.63) is 23.9 Å². The molecule has 3 fully saturated rings. The smallest absolute Gasteiger partial charge is 0.312 e. The van der Waals surface area contributed by atoms with Crippen LogP contribution in [0.3, 0.4) is 0 Å². The zero-order valence-electron chi connectivity index (χ0n) is 14.9. The maximum Gasteiger partial charge on any atom is 0.312 e. The van der Waals surface area contributed by atoms with Crippen molar-refractivity contribution in [3.63, 3.8) is 0 Å². The lowest BCUT2D eigenvalue weighted by atomic mass is 9.81. The number of aromatic nitrogens is 1. The third-order valence-electron chi connectivity index (χ3n) is 6.39. The standard InChI is InChI=1S/C19H27N3O3/c1-25-17-7-6-14(8-20-17)9-21-10-15-11-22(16-4-2-3-5-16)13-19(15,12-21)18(23)24/h6-8,15-16H,2-5,9-13H2,1H3,(H,23,24)/t15-,19-/m0/s1. The summed E-state index contributed by atoms with van der Waals surface area (Å²) >= 11 is 0. The van der Waals surface area contributed by atoms with Gasteiger partial charge in [0.05, 0.1) is 12.5 Å². The Kier molecular flexibility index (Phi) is 4.41. The van der Waals surface area contributed by atoms with E-state index in [0.717, 1.165) is 31.7 Å². The molecule has 136 valence electrons. The summed E-state index contributed by atoms with van der Waals surface area (Å²) in [4.78, 5) is 21.2. The molecule has 2 aliphatic heterocycles. The van der Waals surface area contributed by atoms with Gasteiger partial charge in [0.1, 0.15) is 0 Å². The fraction of sp³-hybridized carbons (Fsp3) is 0.684. The van der Waals surface area contributed by atoms with E-state index in [1.165, 1.54) is 25.7 Å². The molecule has 3 aliphatic rings. The van der Waals surface area contributed by atoms with Crippen LogP contribution in [0.25, 0.3) is 0 Å². The minimum absolute atomic E-state index is 0.233. The van der Waals surface area contributed by atoms with Crippen LogP contribution in [0.4, 0.5) is 0 Å². The van der Waals surface area contributed by atoms with Crippen molar-refractivity contribution in [1.82, 2.24) is 14.8 Å². The van der Waals surface area contributed by atoms with Gasteiger partial charge in [0.2, 0.25) is 5.88 Å². The molecule has 0 radical (unpaired) electrons. The van der Waals surface area contributed by atoms with Gasteiger partial charge < -0.3 is 9.84 Å². The summed E-state index contributed by atoms with van der Waals surface area (Å²) < 4.78 is 5.10. The van der Waals surface area contributed by atoms with Crippen LogP contribution < -0.4 is 4.74 Å². The highest BCUT2D eigenvalue weighted by atomic mass is 16.5. The van der Waals surface area contributed by atoms with Crippen molar-refractivity contribution in [3.8, 4) is 5.88 Å². The maximum absolute atomic E-state index is 12.2. The lowest BCUT2D eigenvalue weighted by Crippen LogP contribution is -2.42. The molecule has 0 aromatic carbocycles. The Balaban J connectivity index is 1.44. The highest BCUT2D eigenvalue weighted by Gasteiger charge is 2.58. The molecule has 25 heavy (non-hydrogen) atoms. The molecule has 1 saturated carbocycles. The van der Waals surface area contributed by atoms with Gasteiger partial charge in [-0.1, -0.05) is 18.9 Å². The van der Waals surface area contributed by atoms with Gasteiger partial charge in [-0.05, 0) is 18.4 Å². The first kappa shape index (κ1) is 16.8. The normalized spacial score (nSPS) is 30.7. The number of hydrogen-bond acceptors (Lipinski definition) is 5. The number of carboxylic acids is 1. The number of rotatable bonds is 5. The number of aliphatic carboxylic acids is 1. The van der Waals surface area contributed by atoms with Crippen molar-refractivity contribution in [2.75, 3.05) is 33.3 Å². The van der Waals surface area contributed by atoms with Crippen LogP contribution in [0.1, 0.15) is 31.2 Å². The van der Waals surface area contributed by atoms with Gasteiger partial charge in [-0.3, -0.25) is 14.6 Å². The van der Waals surface area contributed by atoms with Crippen LogP contribution in [-0.4, -0.2) is 65.2 Å². The fourth-order valence-corrected chi connectivity index (χ4v) is 5.06. The van der Waals surface area contributed by atoms with Gasteiger partial charge in [0, 0.05) is 56.9 Å². The van der Waals surface area contributed by atoms with E-state index in [-0.39, 0.29) is 5.92 Å². The molecule has 0 bridgehead atoms. The number of carboxylic acid groups (broad SMARTS) is 1. The number of pyridine rings is 1. The summed E-state index contributed by atoms with van der Waals surface area (Å²) in [5.74, 6) is 0.224. The molecule has 1 aromatic rings. The fourth-order valence-electron chi connectivity index (χ4n) is 5.06. The molecule has 1 aliphatic carbocycles. The van der Waals surface area contributed by atoms with Crippen LogP contribution in [-0.2, 0) is 11.3 Å². The van der Waals surface area contributed by atoms with Gasteiger partial charge in [0.25, 0.3) is 0 Å². The second kappa shape index (κ2) is 6.57. The summed E-state index contributed by atoms with van der Waals surface area (Å²) in [7, 11) is 1.61. The number of nitrogens with zero attached hydrogens (tertiary/aromatic N) is 3. The Labute approximate surface area is 148 Å². The van der Waals surface area contributed by atoms with E-state index in [9.17, 15) is 9.90 Å². The Morgan fingerprint density at radius 3 is 2.72 bits per heavy atom. The number of ether oxygens (including phenoxy) is 1. The average molecular weight is 345 g/mol. The van der Waals surface area contributed by atoms with E-state index in [2.05, 4.69) is 14.8 Å². The quantitative estimate of drug-likeness (QED) is 0.879. The first-order valence-corrected chi connectivity index (χ1v) is 9.29. The van der Waals surface area contributed by atoms with Gasteiger partial charge >= 0.3 is 5.97 Å². The minimum atomic E-state index is -0.617. The number of methoxy groups -OCH3 is 1. The van der Waals surface area contributed by atoms with E-state index < -0.39 is 11.4 Å². The molecule has 2 atom stereocenters. The Morgan fingerprint density at radius 2 is 2.12 bits per heavy atom. The van der Waals surface area contributed by atoms with Gasteiger partial charge in [-0.2, -0.15) is 0 Å². The molecule has 6 nitrogen and oxygen atoms in total. The van der Waals surface area contributed by atoms with Crippen LogP contribution in [0.15, 0.2) is 18.3 Å². The van der Waals surface area contributed by atoms with E-state index in [1.807, 2.05) is 18.3 Å². The predicted octanol–water partition coefficient (Wildman–Crippen LogP) is 1.85. The molecular formula is C19H27N3O3. The van der Waals surface area contributed by atoms with E-state index in [0.29, 0.717) is 18.5 Å². The maximum atomic E-state index is 12.2. The SMILES string of the molecule is COc1ccc(CN2C[C@H]3CN(C4CCCC4)C[C@@]3(C(=O)O)C2)cn1. The van der Waals surface area contributed by atoms with Crippen molar-refractivity contribution >= 4 is 5.97 Å².